The lowest BCUT2D eigenvalue weighted by atomic mass is 10.0. The van der Waals surface area contributed by atoms with E-state index in [2.05, 4.69) is 40.6 Å². The molecule has 0 bridgehead atoms. The molecular formula is C14H14N2. The highest BCUT2D eigenvalue weighted by atomic mass is 14.8. The molecule has 1 N–H and O–H groups in total. The maximum absolute atomic E-state index is 4.50. The van der Waals surface area contributed by atoms with Crippen LogP contribution in [0, 0.1) is 0 Å². The summed E-state index contributed by atoms with van der Waals surface area (Å²) in [6.07, 6.45) is 5.34. The van der Waals surface area contributed by atoms with Crippen LogP contribution < -0.4 is 5.32 Å². The zero-order valence-electron chi connectivity index (χ0n) is 9.11. The molecule has 2 heteroatoms. The number of benzene rings is 1. The van der Waals surface area contributed by atoms with Crippen LogP contribution in [0.1, 0.15) is 12.0 Å². The standard InChI is InChI=1S/C14H14N2/c1-2-4-14-12(3-1)9-13(10-16-14)11-5-7-15-8-6-11/h1-5,9-10,15H,6-8H2. The molecule has 0 saturated carbocycles. The van der Waals surface area contributed by atoms with Crippen LogP contribution >= 0.6 is 0 Å². The minimum atomic E-state index is 0.974. The molecule has 1 aromatic heterocycles. The van der Waals surface area contributed by atoms with Gasteiger partial charge in [-0.15, -0.1) is 0 Å². The van der Waals surface area contributed by atoms with Crippen molar-refractivity contribution in [1.82, 2.24) is 10.3 Å². The van der Waals surface area contributed by atoms with Crippen molar-refractivity contribution in [3.63, 3.8) is 0 Å². The van der Waals surface area contributed by atoms with Gasteiger partial charge in [-0.2, -0.15) is 0 Å². The Bertz CT molecular complexity index is 543. The molecule has 2 aromatic rings. The Balaban J connectivity index is 2.07. The van der Waals surface area contributed by atoms with Gasteiger partial charge in [0.05, 0.1) is 5.52 Å². The lowest BCUT2D eigenvalue weighted by Crippen LogP contribution is -2.20. The average Bonchev–Trinajstić information content (AvgIpc) is 2.39. The third-order valence-electron chi connectivity index (χ3n) is 3.03. The van der Waals surface area contributed by atoms with Gasteiger partial charge in [-0.05, 0) is 36.2 Å². The van der Waals surface area contributed by atoms with Gasteiger partial charge in [0.25, 0.3) is 0 Å². The fourth-order valence-electron chi connectivity index (χ4n) is 2.13. The Hall–Kier alpha value is -1.67. The Labute approximate surface area is 95.0 Å². The van der Waals surface area contributed by atoms with Gasteiger partial charge < -0.3 is 5.32 Å². The first-order valence-electron chi connectivity index (χ1n) is 5.68. The van der Waals surface area contributed by atoms with E-state index in [0.29, 0.717) is 0 Å². The van der Waals surface area contributed by atoms with Gasteiger partial charge in [0.15, 0.2) is 0 Å². The highest BCUT2D eigenvalue weighted by Crippen LogP contribution is 2.22. The van der Waals surface area contributed by atoms with Crippen LogP contribution in [0.25, 0.3) is 16.5 Å². The summed E-state index contributed by atoms with van der Waals surface area (Å²) in [6, 6.07) is 10.5. The summed E-state index contributed by atoms with van der Waals surface area (Å²) in [5, 5.41) is 4.55. The van der Waals surface area contributed by atoms with Crippen LogP contribution in [0.3, 0.4) is 0 Å². The molecule has 2 heterocycles. The van der Waals surface area contributed by atoms with Crippen molar-refractivity contribution >= 4 is 16.5 Å². The summed E-state index contributed by atoms with van der Waals surface area (Å²) in [7, 11) is 0. The number of nitrogens with one attached hydrogen (secondary N) is 1. The number of aromatic nitrogens is 1. The third kappa shape index (κ3) is 1.72. The summed E-state index contributed by atoms with van der Waals surface area (Å²) < 4.78 is 0. The Kier molecular flexibility index (Phi) is 2.43. The molecule has 1 aromatic carbocycles. The second-order valence-corrected chi connectivity index (χ2v) is 4.10. The zero-order chi connectivity index (χ0) is 10.8. The first-order chi connectivity index (χ1) is 7.93. The number of rotatable bonds is 1. The van der Waals surface area contributed by atoms with Crippen molar-refractivity contribution in [1.29, 1.82) is 0 Å². The summed E-state index contributed by atoms with van der Waals surface area (Å²) in [5.41, 5.74) is 3.75. The fraction of sp³-hybridized carbons (Fsp3) is 0.214. The van der Waals surface area contributed by atoms with Crippen LogP contribution in [-0.4, -0.2) is 18.1 Å². The van der Waals surface area contributed by atoms with Crippen LogP contribution in [0.5, 0.6) is 0 Å². The van der Waals surface area contributed by atoms with Crippen LogP contribution in [0.2, 0.25) is 0 Å². The van der Waals surface area contributed by atoms with Gasteiger partial charge in [-0.1, -0.05) is 24.3 Å². The molecule has 1 aliphatic rings. The lowest BCUT2D eigenvalue weighted by Gasteiger charge is -2.14. The van der Waals surface area contributed by atoms with Gasteiger partial charge >= 0.3 is 0 Å². The highest BCUT2D eigenvalue weighted by molar-refractivity contribution is 5.82. The summed E-state index contributed by atoms with van der Waals surface area (Å²) in [6.45, 7) is 2.04. The molecule has 1 aliphatic heterocycles. The van der Waals surface area contributed by atoms with E-state index in [9.17, 15) is 0 Å². The minimum absolute atomic E-state index is 0.974. The first-order valence-corrected chi connectivity index (χ1v) is 5.68. The van der Waals surface area contributed by atoms with Gasteiger partial charge in [-0.25, -0.2) is 0 Å². The molecule has 0 atom stereocenters. The number of hydrogen-bond donors (Lipinski definition) is 1. The van der Waals surface area contributed by atoms with E-state index in [0.717, 1.165) is 25.0 Å². The van der Waals surface area contributed by atoms with E-state index in [1.807, 2.05) is 12.3 Å². The molecule has 0 fully saturated rings. The highest BCUT2D eigenvalue weighted by Gasteiger charge is 2.06. The zero-order valence-corrected chi connectivity index (χ0v) is 9.11. The molecule has 0 amide bonds. The summed E-state index contributed by atoms with van der Waals surface area (Å²) in [5.74, 6) is 0. The van der Waals surface area contributed by atoms with Crippen molar-refractivity contribution < 1.29 is 0 Å². The molecule has 3 rings (SSSR count). The maximum Gasteiger partial charge on any atom is 0.0702 e. The SMILES string of the molecule is C1=C(c2cnc3ccccc3c2)CCNC1. The molecule has 16 heavy (non-hydrogen) atoms. The fourth-order valence-corrected chi connectivity index (χ4v) is 2.13. The van der Waals surface area contributed by atoms with Gasteiger partial charge in [0.1, 0.15) is 0 Å². The lowest BCUT2D eigenvalue weighted by molar-refractivity contribution is 0.738. The monoisotopic (exact) mass is 210 g/mol. The van der Waals surface area contributed by atoms with Gasteiger partial charge in [-0.3, -0.25) is 4.98 Å². The van der Waals surface area contributed by atoms with E-state index in [4.69, 9.17) is 0 Å². The van der Waals surface area contributed by atoms with Gasteiger partial charge in [0, 0.05) is 18.1 Å². The third-order valence-corrected chi connectivity index (χ3v) is 3.03. The maximum atomic E-state index is 4.50. The predicted molar refractivity (Wildman–Crippen MR) is 67.2 cm³/mol. The van der Waals surface area contributed by atoms with Gasteiger partial charge in [0.2, 0.25) is 0 Å². The normalized spacial score (nSPS) is 16.1. The average molecular weight is 210 g/mol. The van der Waals surface area contributed by atoms with E-state index in [-0.39, 0.29) is 0 Å². The number of para-hydroxylation sites is 1. The smallest absolute Gasteiger partial charge is 0.0702 e. The van der Waals surface area contributed by atoms with Crippen molar-refractivity contribution in [2.24, 2.45) is 0 Å². The molecule has 0 aliphatic carbocycles. The summed E-state index contributed by atoms with van der Waals surface area (Å²) in [4.78, 5) is 4.50. The van der Waals surface area contributed by atoms with E-state index >= 15 is 0 Å². The molecule has 0 radical (unpaired) electrons. The summed E-state index contributed by atoms with van der Waals surface area (Å²) >= 11 is 0. The molecule has 0 spiro atoms. The van der Waals surface area contributed by atoms with Crippen molar-refractivity contribution in [2.45, 2.75) is 6.42 Å². The molecule has 2 nitrogen and oxygen atoms in total. The Morgan fingerprint density at radius 2 is 2.12 bits per heavy atom. The predicted octanol–water partition coefficient (Wildman–Crippen LogP) is 2.61. The van der Waals surface area contributed by atoms with E-state index < -0.39 is 0 Å². The number of hydrogen-bond acceptors (Lipinski definition) is 2. The molecule has 0 unspecified atom stereocenters. The second-order valence-electron chi connectivity index (χ2n) is 4.10. The van der Waals surface area contributed by atoms with E-state index in [1.165, 1.54) is 16.5 Å². The minimum Gasteiger partial charge on any atom is -0.313 e. The first kappa shape index (κ1) is 9.55. The topological polar surface area (TPSA) is 24.9 Å². The number of nitrogens with zero attached hydrogens (tertiary/aromatic N) is 1. The van der Waals surface area contributed by atoms with Crippen LogP contribution in [0.4, 0.5) is 0 Å². The largest absolute Gasteiger partial charge is 0.313 e. The molecular weight excluding hydrogens is 196 g/mol. The molecule has 0 saturated heterocycles. The second kappa shape index (κ2) is 4.06. The van der Waals surface area contributed by atoms with Crippen molar-refractivity contribution in [2.75, 3.05) is 13.1 Å². The quantitative estimate of drug-likeness (QED) is 0.782. The van der Waals surface area contributed by atoms with Crippen LogP contribution in [0.15, 0.2) is 42.6 Å². The van der Waals surface area contributed by atoms with Crippen molar-refractivity contribution in [3.05, 3.63) is 48.2 Å². The van der Waals surface area contributed by atoms with E-state index in [1.54, 1.807) is 0 Å². The Morgan fingerprint density at radius 3 is 3.00 bits per heavy atom. The molecule has 80 valence electrons. The van der Waals surface area contributed by atoms with Crippen LogP contribution in [-0.2, 0) is 0 Å². The number of fused-ring (bicyclic) bond motifs is 1. The number of pyridine rings is 1. The van der Waals surface area contributed by atoms with Crippen molar-refractivity contribution in [3.8, 4) is 0 Å². The Morgan fingerprint density at radius 1 is 1.19 bits per heavy atom.